The quantitative estimate of drug-likeness (QED) is 0.313. The van der Waals surface area contributed by atoms with Gasteiger partial charge in [-0.25, -0.2) is 0 Å². The Balaban J connectivity index is 1.25. The van der Waals surface area contributed by atoms with Crippen molar-refractivity contribution in [3.05, 3.63) is 41.4 Å². The Bertz CT molecular complexity index is 1450. The second kappa shape index (κ2) is 14.6. The van der Waals surface area contributed by atoms with Crippen LogP contribution in [0.25, 0.3) is 0 Å². The topological polar surface area (TPSA) is 110 Å². The van der Waals surface area contributed by atoms with Crippen LogP contribution in [0, 0.1) is 23.2 Å². The van der Waals surface area contributed by atoms with Gasteiger partial charge in [0.25, 0.3) is 0 Å². The molecule has 0 aromatic heterocycles. The number of fused-ring (bicyclic) bond motifs is 2. The molecular formula is C38H53ClN6O4. The lowest BCUT2D eigenvalue weighted by Gasteiger charge is -2.59. The summed E-state index contributed by atoms with van der Waals surface area (Å²) in [4.78, 5) is 34.5. The summed E-state index contributed by atoms with van der Waals surface area (Å²) in [6.07, 6.45) is 13.2. The highest BCUT2D eigenvalue weighted by Crippen LogP contribution is 2.47. The smallest absolute Gasteiger partial charge is 0.246 e. The number of ether oxygens (including phenoxy) is 2. The number of likely N-dealkylation sites (N-methyl/N-ethyl adjacent to an activating group) is 1. The highest BCUT2D eigenvalue weighted by Gasteiger charge is 2.61. The van der Waals surface area contributed by atoms with E-state index in [1.54, 1.807) is 4.90 Å². The van der Waals surface area contributed by atoms with Gasteiger partial charge in [0.1, 0.15) is 5.75 Å². The summed E-state index contributed by atoms with van der Waals surface area (Å²) < 4.78 is 13.9. The minimum Gasteiger partial charge on any atom is -0.479 e. The normalized spacial score (nSPS) is 36.0. The molecule has 2 aliphatic carbocycles. The summed E-state index contributed by atoms with van der Waals surface area (Å²) in [6.45, 7) is 7.04. The van der Waals surface area contributed by atoms with Crippen molar-refractivity contribution in [3.63, 3.8) is 0 Å². The van der Waals surface area contributed by atoms with Crippen molar-refractivity contribution < 1.29 is 19.1 Å². The first-order chi connectivity index (χ1) is 23.8. The molecule has 1 aromatic rings. The van der Waals surface area contributed by atoms with E-state index in [2.05, 4.69) is 40.1 Å². The SMILES string of the molecule is C=CC(=O)N1CCN(C2NC(OCC3CCCN3C)(C3CCCCCC3)NC3C(=O)[C@]4(CCc5ccc(Cl)cc5O4)CCC32)CC1CC#N. The van der Waals surface area contributed by atoms with Crippen molar-refractivity contribution in [1.82, 2.24) is 25.3 Å². The number of aryl methyl sites for hydroxylation is 1. The molecule has 2 saturated carbocycles. The molecule has 4 aliphatic heterocycles. The summed E-state index contributed by atoms with van der Waals surface area (Å²) in [6, 6.07) is 7.67. The first-order valence-electron chi connectivity index (χ1n) is 18.7. The van der Waals surface area contributed by atoms with Crippen molar-refractivity contribution in [2.45, 2.75) is 119 Å². The third-order valence-corrected chi connectivity index (χ3v) is 12.8. The number of nitrogens with one attached hydrogen (secondary N) is 2. The molecule has 49 heavy (non-hydrogen) atoms. The highest BCUT2D eigenvalue weighted by atomic mass is 35.5. The predicted molar refractivity (Wildman–Crippen MR) is 188 cm³/mol. The van der Waals surface area contributed by atoms with Gasteiger partial charge in [-0.3, -0.25) is 25.1 Å². The minimum absolute atomic E-state index is 0.0384. The number of halogens is 1. The summed E-state index contributed by atoms with van der Waals surface area (Å²) in [5.41, 5.74) is 0.168. The molecule has 2 N–H and O–H groups in total. The van der Waals surface area contributed by atoms with E-state index in [9.17, 15) is 10.1 Å². The zero-order valence-electron chi connectivity index (χ0n) is 29.0. The number of likely N-dealkylation sites (tertiary alicyclic amines) is 1. The largest absolute Gasteiger partial charge is 0.479 e. The number of ketones is 1. The number of Topliss-reactive ketones (excluding diaryl/α,β-unsaturated/α-hetero) is 1. The molecule has 0 bridgehead atoms. The summed E-state index contributed by atoms with van der Waals surface area (Å²) in [5, 5.41) is 18.4. The predicted octanol–water partition coefficient (Wildman–Crippen LogP) is 4.62. The van der Waals surface area contributed by atoms with Crippen LogP contribution >= 0.6 is 11.6 Å². The average Bonchev–Trinajstić information content (AvgIpc) is 3.33. The second-order valence-electron chi connectivity index (χ2n) is 15.4. The van der Waals surface area contributed by atoms with E-state index < -0.39 is 17.5 Å². The van der Waals surface area contributed by atoms with Gasteiger partial charge in [0.05, 0.1) is 37.3 Å². The Morgan fingerprint density at radius 3 is 2.65 bits per heavy atom. The monoisotopic (exact) mass is 692 g/mol. The second-order valence-corrected chi connectivity index (χ2v) is 15.8. The molecule has 1 spiro atoms. The fourth-order valence-electron chi connectivity index (χ4n) is 9.78. The van der Waals surface area contributed by atoms with Crippen LogP contribution in [0.2, 0.25) is 5.02 Å². The number of piperazine rings is 1. The minimum atomic E-state index is -0.924. The summed E-state index contributed by atoms with van der Waals surface area (Å²) in [7, 11) is 2.18. The molecular weight excluding hydrogens is 640 g/mol. The lowest BCUT2D eigenvalue weighted by Crippen LogP contribution is -2.82. The fourth-order valence-corrected chi connectivity index (χ4v) is 9.94. The maximum atomic E-state index is 15.1. The fraction of sp³-hybridized carbons (Fsp3) is 0.711. The Labute approximate surface area is 296 Å². The average molecular weight is 693 g/mol. The molecule has 1 aromatic carbocycles. The van der Waals surface area contributed by atoms with E-state index >= 15 is 4.79 Å². The number of nitrogens with zero attached hydrogens (tertiary/aromatic N) is 4. The Morgan fingerprint density at radius 2 is 1.92 bits per heavy atom. The molecule has 4 heterocycles. The van der Waals surface area contributed by atoms with Crippen LogP contribution in [0.3, 0.4) is 0 Å². The van der Waals surface area contributed by atoms with Gasteiger partial charge in [0.15, 0.2) is 17.2 Å². The van der Waals surface area contributed by atoms with Crippen LogP contribution in [0.15, 0.2) is 30.9 Å². The third-order valence-electron chi connectivity index (χ3n) is 12.6. The van der Waals surface area contributed by atoms with Gasteiger partial charge < -0.3 is 19.3 Å². The Hall–Kier alpha value is -2.52. The van der Waals surface area contributed by atoms with Crippen LogP contribution in [-0.2, 0) is 20.7 Å². The summed E-state index contributed by atoms with van der Waals surface area (Å²) in [5.74, 6) is -0.0757. The van der Waals surface area contributed by atoms with E-state index in [1.807, 2.05) is 18.2 Å². The first kappa shape index (κ1) is 34.9. The Morgan fingerprint density at radius 1 is 1.10 bits per heavy atom. The van der Waals surface area contributed by atoms with Gasteiger partial charge in [-0.2, -0.15) is 5.26 Å². The van der Waals surface area contributed by atoms with Crippen LogP contribution < -0.4 is 15.4 Å². The summed E-state index contributed by atoms with van der Waals surface area (Å²) >= 11 is 6.40. The van der Waals surface area contributed by atoms with Crippen LogP contribution in [0.1, 0.15) is 82.6 Å². The number of nitriles is 1. The molecule has 7 atom stereocenters. The molecule has 7 rings (SSSR count). The first-order valence-corrected chi connectivity index (χ1v) is 19.1. The molecule has 5 fully saturated rings. The number of amides is 1. The van der Waals surface area contributed by atoms with E-state index in [0.29, 0.717) is 55.9 Å². The maximum absolute atomic E-state index is 15.1. The zero-order valence-corrected chi connectivity index (χ0v) is 29.8. The van der Waals surface area contributed by atoms with Crippen molar-refractivity contribution in [2.75, 3.05) is 39.8 Å². The standard InChI is InChI=1S/C38H53ClN6O4/c1-3-33(46)45-22-21-44(24-29(45)16-19-40)36-31-15-18-37(17-14-26-12-13-28(39)23-32(26)49-37)35(47)34(31)41-38(42-36,27-9-6-4-5-7-10-27)48-25-30-11-8-20-43(30)2/h3,12-13,23,27,29-31,34,36,41-42H,1,4-11,14-18,20-22,24-25H2,2H3/t29?,30?,31?,34?,36?,37-,38?/m0/s1. The lowest BCUT2D eigenvalue weighted by molar-refractivity contribution is -0.210. The van der Waals surface area contributed by atoms with Crippen LogP contribution in [-0.4, -0.2) is 102 Å². The van der Waals surface area contributed by atoms with Gasteiger partial charge in [-0.1, -0.05) is 49.9 Å². The molecule has 1 amide bonds. The lowest BCUT2D eigenvalue weighted by atomic mass is 9.68. The van der Waals surface area contributed by atoms with Crippen molar-refractivity contribution >= 4 is 23.3 Å². The van der Waals surface area contributed by atoms with Gasteiger partial charge >= 0.3 is 0 Å². The number of benzene rings is 1. The van der Waals surface area contributed by atoms with Gasteiger partial charge in [0, 0.05) is 42.5 Å². The molecule has 266 valence electrons. The van der Waals surface area contributed by atoms with E-state index in [-0.39, 0.29) is 42.2 Å². The molecule has 6 aliphatic rings. The van der Waals surface area contributed by atoms with Crippen molar-refractivity contribution in [2.24, 2.45) is 11.8 Å². The maximum Gasteiger partial charge on any atom is 0.246 e. The Kier molecular flexibility index (Phi) is 10.4. The number of rotatable bonds is 7. The number of carbonyl (C=O) groups excluding carboxylic acids is 2. The van der Waals surface area contributed by atoms with Gasteiger partial charge in [-0.15, -0.1) is 0 Å². The molecule has 11 heteroatoms. The van der Waals surface area contributed by atoms with E-state index in [1.165, 1.54) is 18.9 Å². The molecule has 3 saturated heterocycles. The zero-order chi connectivity index (χ0) is 34.2. The van der Waals surface area contributed by atoms with Crippen molar-refractivity contribution in [1.29, 1.82) is 5.26 Å². The number of carbonyl (C=O) groups is 2. The number of hydrogen-bond acceptors (Lipinski definition) is 9. The van der Waals surface area contributed by atoms with Gasteiger partial charge in [-0.05, 0) is 88.7 Å². The van der Waals surface area contributed by atoms with Gasteiger partial charge in [0.2, 0.25) is 5.91 Å². The third kappa shape index (κ3) is 6.80. The molecule has 0 radical (unpaired) electrons. The molecule has 10 nitrogen and oxygen atoms in total. The van der Waals surface area contributed by atoms with Crippen LogP contribution in [0.4, 0.5) is 0 Å². The van der Waals surface area contributed by atoms with E-state index in [4.69, 9.17) is 21.1 Å². The van der Waals surface area contributed by atoms with Crippen LogP contribution in [0.5, 0.6) is 5.75 Å². The van der Waals surface area contributed by atoms with Crippen molar-refractivity contribution in [3.8, 4) is 11.8 Å². The highest BCUT2D eigenvalue weighted by molar-refractivity contribution is 6.30. The number of hydrogen-bond donors (Lipinski definition) is 2. The van der Waals surface area contributed by atoms with E-state index in [0.717, 1.165) is 63.5 Å². The molecule has 6 unspecified atom stereocenters.